The maximum Gasteiger partial charge on any atom is 0.189 e. The van der Waals surface area contributed by atoms with E-state index in [1.54, 1.807) is 6.92 Å². The molecule has 7 heavy (non-hydrogen) atoms. The van der Waals surface area contributed by atoms with Gasteiger partial charge in [-0.15, -0.1) is 11.6 Å². The molecule has 0 aliphatic carbocycles. The summed E-state index contributed by atoms with van der Waals surface area (Å²) in [6.45, 7) is 1.78. The standard InChI is InChI=1S/C4H7Cl2F/c1-2-3(5)4(6)7/h3-4H,2H2,1H3. The Balaban J connectivity index is 3.14. The Morgan fingerprint density at radius 3 is 2.00 bits per heavy atom. The maximum absolute atomic E-state index is 11.7. The van der Waals surface area contributed by atoms with Crippen molar-refractivity contribution in [3.63, 3.8) is 0 Å². The average molecular weight is 145 g/mol. The Morgan fingerprint density at radius 1 is 1.57 bits per heavy atom. The molecule has 0 fully saturated rings. The van der Waals surface area contributed by atoms with Crippen molar-refractivity contribution in [3.8, 4) is 0 Å². The molecule has 0 N–H and O–H groups in total. The van der Waals surface area contributed by atoms with Gasteiger partial charge in [0, 0.05) is 0 Å². The van der Waals surface area contributed by atoms with Crippen LogP contribution in [0.2, 0.25) is 0 Å². The number of rotatable bonds is 2. The van der Waals surface area contributed by atoms with Crippen molar-refractivity contribution in [1.29, 1.82) is 0 Å². The van der Waals surface area contributed by atoms with Crippen molar-refractivity contribution in [2.24, 2.45) is 0 Å². The highest BCUT2D eigenvalue weighted by atomic mass is 35.5. The average Bonchev–Trinajstić information content (AvgIpc) is 1.65. The third kappa shape index (κ3) is 3.12. The van der Waals surface area contributed by atoms with Crippen molar-refractivity contribution in [3.05, 3.63) is 0 Å². The summed E-state index contributed by atoms with van der Waals surface area (Å²) in [5.41, 5.74) is -1.40. The molecule has 0 nitrogen and oxygen atoms in total. The first-order chi connectivity index (χ1) is 3.18. The third-order valence-corrected chi connectivity index (χ3v) is 1.63. The Morgan fingerprint density at radius 2 is 2.00 bits per heavy atom. The number of hydrogen-bond acceptors (Lipinski definition) is 0. The molecule has 0 spiro atoms. The molecule has 0 amide bonds. The molecule has 0 bridgehead atoms. The predicted molar refractivity (Wildman–Crippen MR) is 30.7 cm³/mol. The van der Waals surface area contributed by atoms with Crippen LogP contribution in [0.5, 0.6) is 0 Å². The van der Waals surface area contributed by atoms with E-state index in [0.29, 0.717) is 6.42 Å². The van der Waals surface area contributed by atoms with Gasteiger partial charge in [-0.2, -0.15) is 0 Å². The second-order valence-corrected chi connectivity index (χ2v) is 2.24. The van der Waals surface area contributed by atoms with E-state index in [4.69, 9.17) is 23.2 Å². The van der Waals surface area contributed by atoms with Gasteiger partial charge >= 0.3 is 0 Å². The first-order valence-electron chi connectivity index (χ1n) is 2.10. The summed E-state index contributed by atoms with van der Waals surface area (Å²) in [5, 5.41) is -0.526. The molecule has 0 aliphatic heterocycles. The predicted octanol–water partition coefficient (Wildman–Crippen LogP) is 2.54. The van der Waals surface area contributed by atoms with Crippen molar-refractivity contribution < 1.29 is 4.39 Å². The molecule has 2 atom stereocenters. The minimum absolute atomic E-state index is 0.526. The Kier molecular flexibility index (Phi) is 3.76. The van der Waals surface area contributed by atoms with E-state index in [0.717, 1.165) is 0 Å². The van der Waals surface area contributed by atoms with Crippen molar-refractivity contribution in [2.45, 2.75) is 24.4 Å². The summed E-state index contributed by atoms with van der Waals surface area (Å²) in [7, 11) is 0. The van der Waals surface area contributed by atoms with Gasteiger partial charge in [0.2, 0.25) is 0 Å². The van der Waals surface area contributed by atoms with Gasteiger partial charge < -0.3 is 0 Å². The van der Waals surface area contributed by atoms with E-state index in [2.05, 4.69) is 0 Å². The van der Waals surface area contributed by atoms with Crippen molar-refractivity contribution in [2.75, 3.05) is 0 Å². The van der Waals surface area contributed by atoms with Crippen LogP contribution < -0.4 is 0 Å². The third-order valence-electron chi connectivity index (χ3n) is 0.663. The second-order valence-electron chi connectivity index (χ2n) is 1.26. The first kappa shape index (κ1) is 7.51. The van der Waals surface area contributed by atoms with Gasteiger partial charge in [0.25, 0.3) is 0 Å². The minimum Gasteiger partial charge on any atom is -0.228 e. The molecule has 0 aromatic rings. The van der Waals surface area contributed by atoms with Gasteiger partial charge in [-0.25, -0.2) is 4.39 Å². The van der Waals surface area contributed by atoms with Crippen LogP contribution in [-0.4, -0.2) is 11.0 Å². The Hall–Kier alpha value is 0.510. The lowest BCUT2D eigenvalue weighted by atomic mass is 10.4. The van der Waals surface area contributed by atoms with Crippen LogP contribution in [0.4, 0.5) is 4.39 Å². The molecule has 0 aromatic carbocycles. The van der Waals surface area contributed by atoms with Gasteiger partial charge in [0.1, 0.15) is 0 Å². The minimum atomic E-state index is -1.40. The summed E-state index contributed by atoms with van der Waals surface area (Å²) < 4.78 is 11.7. The summed E-state index contributed by atoms with van der Waals surface area (Å²) in [4.78, 5) is 0. The summed E-state index contributed by atoms with van der Waals surface area (Å²) in [6, 6.07) is 0. The highest BCUT2D eigenvalue weighted by Crippen LogP contribution is 2.13. The number of alkyl halides is 3. The SMILES string of the molecule is CCC(Cl)C(F)Cl. The van der Waals surface area contributed by atoms with E-state index in [1.165, 1.54) is 0 Å². The topological polar surface area (TPSA) is 0 Å². The second kappa shape index (κ2) is 3.50. The van der Waals surface area contributed by atoms with E-state index >= 15 is 0 Å². The normalized spacial score (nSPS) is 18.9. The Labute approximate surface area is 52.6 Å². The fraction of sp³-hybridized carbons (Fsp3) is 1.00. The summed E-state index contributed by atoms with van der Waals surface area (Å²) >= 11 is 10.2. The molecule has 0 saturated carbocycles. The highest BCUT2D eigenvalue weighted by Gasteiger charge is 2.10. The molecule has 2 unspecified atom stereocenters. The van der Waals surface area contributed by atoms with Gasteiger partial charge in [0.15, 0.2) is 5.63 Å². The zero-order valence-electron chi connectivity index (χ0n) is 4.00. The molecular formula is C4H7Cl2F. The van der Waals surface area contributed by atoms with E-state index in [-0.39, 0.29) is 0 Å². The van der Waals surface area contributed by atoms with Crippen LogP contribution in [0.1, 0.15) is 13.3 Å². The molecule has 0 rings (SSSR count). The lowest BCUT2D eigenvalue weighted by molar-refractivity contribution is 0.423. The zero-order valence-corrected chi connectivity index (χ0v) is 5.51. The van der Waals surface area contributed by atoms with Crippen LogP contribution in [0.3, 0.4) is 0 Å². The summed E-state index contributed by atoms with van der Waals surface area (Å²) in [5.74, 6) is 0. The van der Waals surface area contributed by atoms with Crippen molar-refractivity contribution in [1.82, 2.24) is 0 Å². The molecule has 0 aromatic heterocycles. The number of halogens is 3. The monoisotopic (exact) mass is 144 g/mol. The lowest BCUT2D eigenvalue weighted by Gasteiger charge is -2.01. The van der Waals surface area contributed by atoms with E-state index in [1.807, 2.05) is 0 Å². The van der Waals surface area contributed by atoms with Crippen LogP contribution in [0.15, 0.2) is 0 Å². The largest absolute Gasteiger partial charge is 0.228 e. The van der Waals surface area contributed by atoms with Crippen LogP contribution in [-0.2, 0) is 0 Å². The van der Waals surface area contributed by atoms with Gasteiger partial charge in [-0.05, 0) is 6.42 Å². The van der Waals surface area contributed by atoms with Crippen molar-refractivity contribution >= 4 is 23.2 Å². The fourth-order valence-corrected chi connectivity index (χ4v) is 0.356. The quantitative estimate of drug-likeness (QED) is 0.523. The van der Waals surface area contributed by atoms with E-state index < -0.39 is 11.0 Å². The molecular weight excluding hydrogens is 138 g/mol. The highest BCUT2D eigenvalue weighted by molar-refractivity contribution is 6.29. The van der Waals surface area contributed by atoms with Crippen LogP contribution in [0, 0.1) is 0 Å². The van der Waals surface area contributed by atoms with Crippen LogP contribution >= 0.6 is 23.2 Å². The summed E-state index contributed by atoms with van der Waals surface area (Å²) in [6.07, 6.45) is 0.576. The molecule has 44 valence electrons. The molecule has 0 saturated heterocycles. The van der Waals surface area contributed by atoms with Gasteiger partial charge in [0.05, 0.1) is 5.38 Å². The smallest absolute Gasteiger partial charge is 0.189 e. The zero-order chi connectivity index (χ0) is 5.86. The molecule has 0 radical (unpaired) electrons. The van der Waals surface area contributed by atoms with Gasteiger partial charge in [-0.1, -0.05) is 18.5 Å². The lowest BCUT2D eigenvalue weighted by Crippen LogP contribution is -2.06. The fourth-order valence-electron chi connectivity index (χ4n) is 0.178. The van der Waals surface area contributed by atoms with Gasteiger partial charge in [-0.3, -0.25) is 0 Å². The van der Waals surface area contributed by atoms with E-state index in [9.17, 15) is 4.39 Å². The molecule has 0 aliphatic rings. The van der Waals surface area contributed by atoms with Crippen LogP contribution in [0.25, 0.3) is 0 Å². The molecule has 0 heterocycles. The Bertz CT molecular complexity index is 47.0. The first-order valence-corrected chi connectivity index (χ1v) is 2.98. The number of hydrogen-bond donors (Lipinski definition) is 0. The maximum atomic E-state index is 11.7. The molecule has 3 heteroatoms.